The van der Waals surface area contributed by atoms with Crippen LogP contribution in [0.15, 0.2) is 66.7 Å². The lowest BCUT2D eigenvalue weighted by atomic mass is 10.1. The number of carbonyl (C=O) groups excluding carboxylic acids is 1. The third-order valence-corrected chi connectivity index (χ3v) is 3.41. The Morgan fingerprint density at radius 2 is 1.55 bits per heavy atom. The molecule has 0 spiro atoms. The molecule has 0 heterocycles. The largest absolute Gasteiger partial charge is 0.506 e. The van der Waals surface area contributed by atoms with Gasteiger partial charge in [0.2, 0.25) is 0 Å². The number of phenolic OH excluding ortho intramolecular Hbond substituents is 1. The van der Waals surface area contributed by atoms with Crippen LogP contribution in [0.25, 0.3) is 10.8 Å². The number of amides is 2. The summed E-state index contributed by atoms with van der Waals surface area (Å²) in [5.41, 5.74) is 1.41. The number of anilines is 1. The number of hydrogen-bond acceptors (Lipinski definition) is 2. The lowest BCUT2D eigenvalue weighted by Crippen LogP contribution is -2.28. The first kappa shape index (κ1) is 13.9. The van der Waals surface area contributed by atoms with Crippen LogP contribution in [0.3, 0.4) is 0 Å². The molecule has 0 saturated carbocycles. The minimum atomic E-state index is -0.352. The minimum Gasteiger partial charge on any atom is -0.506 e. The topological polar surface area (TPSA) is 61.4 Å². The fourth-order valence-electron chi connectivity index (χ4n) is 2.27. The first-order valence-corrected chi connectivity index (χ1v) is 7.03. The first-order valence-electron chi connectivity index (χ1n) is 7.03. The van der Waals surface area contributed by atoms with E-state index in [0.717, 1.165) is 16.3 Å². The van der Waals surface area contributed by atoms with E-state index in [1.165, 1.54) is 0 Å². The van der Waals surface area contributed by atoms with Crippen LogP contribution in [0.4, 0.5) is 10.5 Å². The van der Waals surface area contributed by atoms with E-state index < -0.39 is 0 Å². The molecule has 3 N–H and O–H groups in total. The number of hydrogen-bond donors (Lipinski definition) is 3. The van der Waals surface area contributed by atoms with Gasteiger partial charge in [-0.15, -0.1) is 0 Å². The molecule has 4 nitrogen and oxygen atoms in total. The molecule has 0 fully saturated rings. The molecule has 0 bridgehead atoms. The number of phenols is 1. The van der Waals surface area contributed by atoms with Gasteiger partial charge in [-0.05, 0) is 28.5 Å². The third kappa shape index (κ3) is 3.17. The molecular formula is C18H16N2O2. The summed E-state index contributed by atoms with van der Waals surface area (Å²) in [6.45, 7) is 0.432. The molecule has 0 saturated heterocycles. The lowest BCUT2D eigenvalue weighted by molar-refractivity contribution is 0.251. The van der Waals surface area contributed by atoms with Gasteiger partial charge >= 0.3 is 6.03 Å². The second-order valence-corrected chi connectivity index (χ2v) is 5.01. The lowest BCUT2D eigenvalue weighted by Gasteiger charge is -2.10. The number of fused-ring (bicyclic) bond motifs is 1. The molecule has 0 aliphatic heterocycles. The Bertz CT molecular complexity index is 801. The highest BCUT2D eigenvalue weighted by Gasteiger charge is 2.07. The highest BCUT2D eigenvalue weighted by molar-refractivity contribution is 5.96. The van der Waals surface area contributed by atoms with E-state index in [-0.39, 0.29) is 11.8 Å². The van der Waals surface area contributed by atoms with Crippen LogP contribution in [-0.4, -0.2) is 11.1 Å². The monoisotopic (exact) mass is 292 g/mol. The second kappa shape index (κ2) is 6.18. The highest BCUT2D eigenvalue weighted by Crippen LogP contribution is 2.29. The quantitative estimate of drug-likeness (QED) is 0.642. The minimum absolute atomic E-state index is 0.0496. The van der Waals surface area contributed by atoms with Crippen molar-refractivity contribution < 1.29 is 9.90 Å². The average Bonchev–Trinajstić information content (AvgIpc) is 2.55. The molecule has 0 aromatic heterocycles. The van der Waals surface area contributed by atoms with Gasteiger partial charge in [0.1, 0.15) is 5.75 Å². The Balaban J connectivity index is 1.70. The maximum Gasteiger partial charge on any atom is 0.319 e. The summed E-state index contributed by atoms with van der Waals surface area (Å²) >= 11 is 0. The predicted octanol–water partition coefficient (Wildman–Crippen LogP) is 3.87. The molecule has 3 rings (SSSR count). The number of carbonyl (C=O) groups is 1. The summed E-state index contributed by atoms with van der Waals surface area (Å²) in [4.78, 5) is 11.9. The van der Waals surface area contributed by atoms with Gasteiger partial charge in [0.15, 0.2) is 0 Å². The van der Waals surface area contributed by atoms with E-state index in [4.69, 9.17) is 0 Å². The molecule has 3 aromatic carbocycles. The van der Waals surface area contributed by atoms with Crippen molar-refractivity contribution in [2.24, 2.45) is 0 Å². The van der Waals surface area contributed by atoms with Crippen LogP contribution in [0.1, 0.15) is 5.56 Å². The van der Waals surface area contributed by atoms with Gasteiger partial charge in [-0.2, -0.15) is 0 Å². The van der Waals surface area contributed by atoms with E-state index >= 15 is 0 Å². The molecule has 3 aromatic rings. The summed E-state index contributed by atoms with van der Waals surface area (Å²) in [7, 11) is 0. The fraction of sp³-hybridized carbons (Fsp3) is 0.0556. The molecule has 22 heavy (non-hydrogen) atoms. The summed E-state index contributed by atoms with van der Waals surface area (Å²) in [6.07, 6.45) is 0. The van der Waals surface area contributed by atoms with Crippen molar-refractivity contribution in [3.8, 4) is 5.75 Å². The van der Waals surface area contributed by atoms with Crippen LogP contribution in [-0.2, 0) is 6.54 Å². The van der Waals surface area contributed by atoms with Crippen LogP contribution in [0.2, 0.25) is 0 Å². The van der Waals surface area contributed by atoms with Crippen molar-refractivity contribution >= 4 is 22.5 Å². The molecule has 110 valence electrons. The van der Waals surface area contributed by atoms with E-state index in [1.807, 2.05) is 54.6 Å². The van der Waals surface area contributed by atoms with Crippen LogP contribution >= 0.6 is 0 Å². The zero-order chi connectivity index (χ0) is 15.4. The van der Waals surface area contributed by atoms with E-state index in [1.54, 1.807) is 12.1 Å². The van der Waals surface area contributed by atoms with E-state index in [9.17, 15) is 9.90 Å². The highest BCUT2D eigenvalue weighted by atomic mass is 16.3. The molecule has 0 aliphatic carbocycles. The molecule has 0 unspecified atom stereocenters. The van der Waals surface area contributed by atoms with Crippen LogP contribution in [0.5, 0.6) is 5.75 Å². The number of nitrogens with one attached hydrogen (secondary N) is 2. The van der Waals surface area contributed by atoms with Gasteiger partial charge in [-0.1, -0.05) is 54.6 Å². The van der Waals surface area contributed by atoms with Gasteiger partial charge in [-0.3, -0.25) is 0 Å². The third-order valence-electron chi connectivity index (χ3n) is 3.41. The van der Waals surface area contributed by atoms with Crippen molar-refractivity contribution in [3.63, 3.8) is 0 Å². The van der Waals surface area contributed by atoms with E-state index in [0.29, 0.717) is 12.2 Å². The summed E-state index contributed by atoms with van der Waals surface area (Å²) in [5.74, 6) is 0.0496. The Morgan fingerprint density at radius 1 is 0.909 bits per heavy atom. The summed E-state index contributed by atoms with van der Waals surface area (Å²) in [6, 6.07) is 20.4. The fourth-order valence-corrected chi connectivity index (χ4v) is 2.27. The molecule has 4 heteroatoms. The SMILES string of the molecule is O=C(NCc1ccccc1)Nc1cc2ccccc2cc1O. The zero-order valence-electron chi connectivity index (χ0n) is 11.9. The molecule has 0 aliphatic rings. The molecule has 0 atom stereocenters. The normalized spacial score (nSPS) is 10.4. The van der Waals surface area contributed by atoms with Crippen molar-refractivity contribution in [1.29, 1.82) is 0 Å². The van der Waals surface area contributed by atoms with Gasteiger partial charge in [0.25, 0.3) is 0 Å². The number of rotatable bonds is 3. The maximum atomic E-state index is 11.9. The van der Waals surface area contributed by atoms with Crippen LogP contribution < -0.4 is 10.6 Å². The average molecular weight is 292 g/mol. The standard InChI is InChI=1S/C18H16N2O2/c21-17-11-15-9-5-4-8-14(15)10-16(17)20-18(22)19-12-13-6-2-1-3-7-13/h1-11,21H,12H2,(H2,19,20,22). The van der Waals surface area contributed by atoms with Crippen molar-refractivity contribution in [2.75, 3.05) is 5.32 Å². The number of benzene rings is 3. The second-order valence-electron chi connectivity index (χ2n) is 5.01. The molecular weight excluding hydrogens is 276 g/mol. The Labute approximate surface area is 128 Å². The smallest absolute Gasteiger partial charge is 0.319 e. The maximum absolute atomic E-state index is 11.9. The van der Waals surface area contributed by atoms with E-state index in [2.05, 4.69) is 10.6 Å². The molecule has 0 radical (unpaired) electrons. The summed E-state index contributed by atoms with van der Waals surface area (Å²) < 4.78 is 0. The first-order chi connectivity index (χ1) is 10.7. The van der Waals surface area contributed by atoms with Gasteiger partial charge in [-0.25, -0.2) is 4.79 Å². The van der Waals surface area contributed by atoms with Crippen LogP contribution in [0, 0.1) is 0 Å². The van der Waals surface area contributed by atoms with Gasteiger partial charge in [0, 0.05) is 6.54 Å². The van der Waals surface area contributed by atoms with Crippen molar-refractivity contribution in [2.45, 2.75) is 6.54 Å². The molecule has 2 amide bonds. The van der Waals surface area contributed by atoms with Crippen molar-refractivity contribution in [3.05, 3.63) is 72.3 Å². The number of urea groups is 1. The van der Waals surface area contributed by atoms with Gasteiger partial charge < -0.3 is 15.7 Å². The Kier molecular flexibility index (Phi) is 3.92. The van der Waals surface area contributed by atoms with Crippen molar-refractivity contribution in [1.82, 2.24) is 5.32 Å². The predicted molar refractivity (Wildman–Crippen MR) is 87.9 cm³/mol. The summed E-state index contributed by atoms with van der Waals surface area (Å²) in [5, 5.41) is 17.3. The Morgan fingerprint density at radius 3 is 2.27 bits per heavy atom. The zero-order valence-corrected chi connectivity index (χ0v) is 11.9. The Hall–Kier alpha value is -3.01. The number of aromatic hydroxyl groups is 1. The van der Waals surface area contributed by atoms with Gasteiger partial charge in [0.05, 0.1) is 5.69 Å².